The highest BCUT2D eigenvalue weighted by molar-refractivity contribution is 8.18. The predicted molar refractivity (Wildman–Crippen MR) is 151 cm³/mol. The normalized spacial score (nSPS) is 14.5. The van der Waals surface area contributed by atoms with Crippen LogP contribution in [-0.2, 0) is 16.1 Å². The lowest BCUT2D eigenvalue weighted by atomic mass is 10.1. The zero-order chi connectivity index (χ0) is 26.6. The van der Waals surface area contributed by atoms with Gasteiger partial charge in [0.25, 0.3) is 11.1 Å². The summed E-state index contributed by atoms with van der Waals surface area (Å²) in [5, 5.41) is 3.29. The van der Waals surface area contributed by atoms with Crippen molar-refractivity contribution in [3.8, 4) is 5.75 Å². The lowest BCUT2D eigenvalue weighted by Crippen LogP contribution is -2.36. The molecule has 1 aliphatic rings. The number of para-hydroxylation sites is 2. The molecule has 1 aliphatic heterocycles. The Labute approximate surface area is 225 Å². The Morgan fingerprint density at radius 3 is 2.45 bits per heavy atom. The van der Waals surface area contributed by atoms with Gasteiger partial charge in [-0.05, 0) is 73.1 Å². The van der Waals surface area contributed by atoms with Gasteiger partial charge in [-0.3, -0.25) is 19.3 Å². The average Bonchev–Trinajstić information content (AvgIpc) is 3.36. The molecule has 0 aliphatic carbocycles. The molecule has 4 aromatic rings. The van der Waals surface area contributed by atoms with Crippen LogP contribution in [0.3, 0.4) is 0 Å². The maximum absolute atomic E-state index is 13.1. The molecule has 3 amide bonds. The Morgan fingerprint density at radius 2 is 1.68 bits per heavy atom. The van der Waals surface area contributed by atoms with E-state index in [4.69, 9.17) is 4.74 Å². The summed E-state index contributed by atoms with van der Waals surface area (Å²) in [6.45, 7) is 4.64. The van der Waals surface area contributed by atoms with Crippen molar-refractivity contribution in [2.45, 2.75) is 20.4 Å². The molecule has 192 valence electrons. The van der Waals surface area contributed by atoms with Crippen molar-refractivity contribution in [2.75, 3.05) is 18.5 Å². The van der Waals surface area contributed by atoms with Crippen molar-refractivity contribution in [3.05, 3.63) is 101 Å². The molecule has 1 fully saturated rings. The molecule has 38 heavy (non-hydrogen) atoms. The minimum absolute atomic E-state index is 0.289. The summed E-state index contributed by atoms with van der Waals surface area (Å²) in [6, 6.07) is 23.2. The molecular weight excluding hydrogens is 498 g/mol. The maximum Gasteiger partial charge on any atom is 0.294 e. The van der Waals surface area contributed by atoms with Crippen molar-refractivity contribution in [3.63, 3.8) is 0 Å². The molecule has 0 atom stereocenters. The van der Waals surface area contributed by atoms with Crippen LogP contribution in [0, 0.1) is 13.8 Å². The van der Waals surface area contributed by atoms with Gasteiger partial charge in [0.05, 0.1) is 11.4 Å². The van der Waals surface area contributed by atoms with Crippen LogP contribution >= 0.6 is 11.8 Å². The fourth-order valence-corrected chi connectivity index (χ4v) is 5.35. The highest BCUT2D eigenvalue weighted by atomic mass is 32.2. The van der Waals surface area contributed by atoms with Crippen molar-refractivity contribution >= 4 is 51.5 Å². The van der Waals surface area contributed by atoms with E-state index < -0.39 is 17.1 Å². The summed E-state index contributed by atoms with van der Waals surface area (Å²) in [7, 11) is 0. The molecular formula is C30H27N3O4S. The Hall–Kier alpha value is -4.30. The minimum Gasteiger partial charge on any atom is -0.492 e. The summed E-state index contributed by atoms with van der Waals surface area (Å²) in [5.41, 5.74) is 4.49. The van der Waals surface area contributed by atoms with Crippen LogP contribution in [0.2, 0.25) is 0 Å². The van der Waals surface area contributed by atoms with Gasteiger partial charge in [-0.15, -0.1) is 0 Å². The first-order valence-corrected chi connectivity index (χ1v) is 13.1. The number of amides is 3. The van der Waals surface area contributed by atoms with Gasteiger partial charge < -0.3 is 14.6 Å². The van der Waals surface area contributed by atoms with E-state index in [1.807, 2.05) is 92.8 Å². The zero-order valence-corrected chi connectivity index (χ0v) is 22.0. The van der Waals surface area contributed by atoms with Crippen LogP contribution in [0.15, 0.2) is 83.9 Å². The average molecular weight is 526 g/mol. The number of anilines is 1. The summed E-state index contributed by atoms with van der Waals surface area (Å²) < 4.78 is 7.93. The van der Waals surface area contributed by atoms with E-state index >= 15 is 0 Å². The molecule has 5 rings (SSSR count). The van der Waals surface area contributed by atoms with Gasteiger partial charge in [0.2, 0.25) is 5.91 Å². The number of hydrogen-bond acceptors (Lipinski definition) is 5. The molecule has 0 radical (unpaired) electrons. The molecule has 3 aromatic carbocycles. The standard InChI is InChI=1S/C30H27N3O4S/c1-20-14-21(2)16-23(15-20)31-28(34)19-33-29(35)27(38-30(33)36)17-22-18-32(26-11-7-6-10-25(22)26)12-13-37-24-8-4-3-5-9-24/h3-11,14-18H,12-13,19H2,1-2H3,(H,31,34)/b27-17-. The smallest absolute Gasteiger partial charge is 0.294 e. The van der Waals surface area contributed by atoms with Crippen LogP contribution in [0.1, 0.15) is 16.7 Å². The molecule has 8 heteroatoms. The van der Waals surface area contributed by atoms with Gasteiger partial charge >= 0.3 is 0 Å². The largest absolute Gasteiger partial charge is 0.492 e. The number of benzene rings is 3. The van der Waals surface area contributed by atoms with Gasteiger partial charge in [-0.2, -0.15) is 0 Å². The number of imide groups is 1. The zero-order valence-electron chi connectivity index (χ0n) is 21.1. The number of aromatic nitrogens is 1. The van der Waals surface area contributed by atoms with Crippen molar-refractivity contribution < 1.29 is 19.1 Å². The van der Waals surface area contributed by atoms with E-state index in [0.717, 1.165) is 50.0 Å². The summed E-state index contributed by atoms with van der Waals surface area (Å²) >= 11 is 0.847. The number of carbonyl (C=O) groups is 3. The molecule has 0 bridgehead atoms. The first-order valence-electron chi connectivity index (χ1n) is 12.3. The van der Waals surface area contributed by atoms with Gasteiger partial charge in [-0.1, -0.05) is 42.5 Å². The lowest BCUT2D eigenvalue weighted by molar-refractivity contribution is -0.127. The number of nitrogens with zero attached hydrogens (tertiary/aromatic N) is 2. The molecule has 7 nitrogen and oxygen atoms in total. The van der Waals surface area contributed by atoms with Crippen LogP contribution in [-0.4, -0.2) is 39.7 Å². The number of aryl methyl sites for hydroxylation is 2. The van der Waals surface area contributed by atoms with Crippen LogP contribution < -0.4 is 10.1 Å². The Bertz CT molecular complexity index is 1540. The minimum atomic E-state index is -0.472. The van der Waals surface area contributed by atoms with Gasteiger partial charge in [0.15, 0.2) is 0 Å². The fourth-order valence-electron chi connectivity index (χ4n) is 4.52. The topological polar surface area (TPSA) is 80.6 Å². The van der Waals surface area contributed by atoms with Crippen molar-refractivity contribution in [1.82, 2.24) is 9.47 Å². The second-order valence-electron chi connectivity index (χ2n) is 9.15. The molecule has 1 saturated heterocycles. The van der Waals surface area contributed by atoms with Crippen LogP contribution in [0.4, 0.5) is 10.5 Å². The Kier molecular flexibility index (Phi) is 7.33. The van der Waals surface area contributed by atoms with Crippen molar-refractivity contribution in [1.29, 1.82) is 0 Å². The Balaban J connectivity index is 1.30. The van der Waals surface area contributed by atoms with Crippen molar-refractivity contribution in [2.24, 2.45) is 0 Å². The van der Waals surface area contributed by atoms with Crippen LogP contribution in [0.25, 0.3) is 17.0 Å². The third-order valence-corrected chi connectivity index (χ3v) is 7.04. The SMILES string of the molecule is Cc1cc(C)cc(NC(=O)CN2C(=O)S/C(=C\c3cn(CCOc4ccccc4)c4ccccc34)C2=O)c1. The fraction of sp³-hybridized carbons (Fsp3) is 0.167. The molecule has 1 N–H and O–H groups in total. The summed E-state index contributed by atoms with van der Waals surface area (Å²) in [5.74, 6) is -0.0900. The van der Waals surface area contributed by atoms with Gasteiger partial charge in [-0.25, -0.2) is 0 Å². The highest BCUT2D eigenvalue weighted by Gasteiger charge is 2.36. The Morgan fingerprint density at radius 1 is 0.974 bits per heavy atom. The molecule has 0 spiro atoms. The van der Waals surface area contributed by atoms with Gasteiger partial charge in [0.1, 0.15) is 18.9 Å². The first-order chi connectivity index (χ1) is 18.4. The quantitative estimate of drug-likeness (QED) is 0.285. The number of ether oxygens (including phenoxy) is 1. The van der Waals surface area contributed by atoms with Crippen LogP contribution in [0.5, 0.6) is 5.75 Å². The number of hydrogen-bond donors (Lipinski definition) is 1. The lowest BCUT2D eigenvalue weighted by Gasteiger charge is -2.13. The number of nitrogens with one attached hydrogen (secondary N) is 1. The monoisotopic (exact) mass is 525 g/mol. The maximum atomic E-state index is 13.1. The number of rotatable bonds is 8. The van der Waals surface area contributed by atoms with E-state index in [0.29, 0.717) is 18.8 Å². The third kappa shape index (κ3) is 5.65. The molecule has 2 heterocycles. The predicted octanol–water partition coefficient (Wildman–Crippen LogP) is 6.01. The molecule has 0 saturated carbocycles. The van der Waals surface area contributed by atoms with Gasteiger partial charge in [0, 0.05) is 28.4 Å². The number of carbonyl (C=O) groups excluding carboxylic acids is 3. The van der Waals surface area contributed by atoms with E-state index in [1.165, 1.54) is 0 Å². The molecule has 1 aromatic heterocycles. The summed E-state index contributed by atoms with van der Waals surface area (Å²) in [6.07, 6.45) is 3.68. The van der Waals surface area contributed by atoms with E-state index in [1.54, 1.807) is 6.08 Å². The second kappa shape index (κ2) is 11.0. The van der Waals surface area contributed by atoms with E-state index in [9.17, 15) is 14.4 Å². The van der Waals surface area contributed by atoms with E-state index in [2.05, 4.69) is 9.88 Å². The van der Waals surface area contributed by atoms with E-state index in [-0.39, 0.29) is 11.4 Å². The number of fused-ring (bicyclic) bond motifs is 1. The first kappa shape index (κ1) is 25.4. The summed E-state index contributed by atoms with van der Waals surface area (Å²) in [4.78, 5) is 39.7. The third-order valence-electron chi connectivity index (χ3n) is 6.13. The molecule has 0 unspecified atom stereocenters. The second-order valence-corrected chi connectivity index (χ2v) is 10.1. The highest BCUT2D eigenvalue weighted by Crippen LogP contribution is 2.34. The number of thioether (sulfide) groups is 1.